The van der Waals surface area contributed by atoms with Gasteiger partial charge in [-0.3, -0.25) is 14.4 Å². The van der Waals surface area contributed by atoms with Crippen LogP contribution in [0.4, 0.5) is 19.6 Å². The van der Waals surface area contributed by atoms with Crippen LogP contribution >= 0.6 is 11.3 Å². The Balaban J connectivity index is 1.55. The summed E-state index contributed by atoms with van der Waals surface area (Å²) in [5, 5.41) is 4.42. The van der Waals surface area contributed by atoms with Gasteiger partial charge in [0, 0.05) is 22.5 Å². The van der Waals surface area contributed by atoms with Gasteiger partial charge >= 0.3 is 0 Å². The van der Waals surface area contributed by atoms with Gasteiger partial charge in [0.2, 0.25) is 10.0 Å². The number of carbonyl (C=O) groups is 1. The van der Waals surface area contributed by atoms with Crippen LogP contribution in [0.25, 0.3) is 11.3 Å². The monoisotopic (exact) mass is 449 g/mol. The van der Waals surface area contributed by atoms with Crippen LogP contribution in [0.3, 0.4) is 0 Å². The van der Waals surface area contributed by atoms with Crippen LogP contribution in [-0.4, -0.2) is 31.6 Å². The highest BCUT2D eigenvalue weighted by Gasteiger charge is 2.32. The van der Waals surface area contributed by atoms with Gasteiger partial charge in [0.05, 0.1) is 17.6 Å². The molecule has 0 spiro atoms. The molecule has 1 aromatic heterocycles. The Kier molecular flexibility index (Phi) is 5.07. The Morgan fingerprint density at radius 2 is 2.00 bits per heavy atom. The summed E-state index contributed by atoms with van der Waals surface area (Å²) < 4.78 is 52.7. The lowest BCUT2D eigenvalue weighted by Gasteiger charge is -2.21. The maximum atomic E-state index is 13.9. The topological polar surface area (TPSA) is 79.4 Å². The fourth-order valence-electron chi connectivity index (χ4n) is 3.57. The van der Waals surface area contributed by atoms with Gasteiger partial charge in [0.15, 0.2) is 5.13 Å². The van der Waals surface area contributed by atoms with E-state index in [2.05, 4.69) is 10.3 Å². The fourth-order valence-corrected chi connectivity index (χ4v) is 5.54. The number of fused-ring (bicyclic) bond motifs is 1. The van der Waals surface area contributed by atoms with E-state index in [1.165, 1.54) is 9.69 Å². The van der Waals surface area contributed by atoms with E-state index in [1.807, 2.05) is 6.92 Å². The van der Waals surface area contributed by atoms with Crippen molar-refractivity contribution in [1.29, 1.82) is 0 Å². The number of nitrogens with zero attached hydrogens (tertiary/aromatic N) is 2. The van der Waals surface area contributed by atoms with Gasteiger partial charge in [-0.15, -0.1) is 11.3 Å². The van der Waals surface area contributed by atoms with Gasteiger partial charge in [-0.1, -0.05) is 0 Å². The van der Waals surface area contributed by atoms with E-state index in [1.54, 1.807) is 18.2 Å². The highest BCUT2D eigenvalue weighted by Crippen LogP contribution is 2.35. The van der Waals surface area contributed by atoms with Crippen molar-refractivity contribution < 1.29 is 22.0 Å². The zero-order chi connectivity index (χ0) is 21.6. The molecule has 0 aliphatic carbocycles. The summed E-state index contributed by atoms with van der Waals surface area (Å²) in [6.45, 7) is 1.81. The number of carbonyl (C=O) groups excluding carboxylic acids is 1. The van der Waals surface area contributed by atoms with Crippen LogP contribution in [0.5, 0.6) is 0 Å². The molecule has 0 saturated carbocycles. The molecular formula is C20H17F2N3O3S2. The van der Waals surface area contributed by atoms with Crippen LogP contribution in [0, 0.1) is 11.6 Å². The third-order valence-corrected chi connectivity index (χ3v) is 6.81. The third-order valence-electron chi connectivity index (χ3n) is 4.78. The predicted octanol–water partition coefficient (Wildman–Crippen LogP) is 4.05. The predicted molar refractivity (Wildman–Crippen MR) is 112 cm³/mol. The Labute approximate surface area is 176 Å². The van der Waals surface area contributed by atoms with E-state index >= 15 is 0 Å². The van der Waals surface area contributed by atoms with Crippen LogP contribution in [0.2, 0.25) is 0 Å². The molecule has 2 aromatic carbocycles. The highest BCUT2D eigenvalue weighted by atomic mass is 32.2. The molecule has 30 heavy (non-hydrogen) atoms. The first kappa shape index (κ1) is 20.4. The molecule has 0 bridgehead atoms. The van der Waals surface area contributed by atoms with E-state index in [0.29, 0.717) is 17.7 Å². The molecule has 4 rings (SSSR count). The fraction of sp³-hybridized carbons (Fsp3) is 0.200. The summed E-state index contributed by atoms with van der Waals surface area (Å²) in [4.78, 5) is 16.8. The van der Waals surface area contributed by atoms with E-state index in [0.717, 1.165) is 41.4 Å². The second-order valence-corrected chi connectivity index (χ2v) is 9.79. The number of halogens is 2. The van der Waals surface area contributed by atoms with Crippen LogP contribution in [-0.2, 0) is 16.4 Å². The first-order chi connectivity index (χ1) is 14.1. The molecule has 10 heteroatoms. The number of nitrogens with one attached hydrogen (secondary N) is 1. The summed E-state index contributed by atoms with van der Waals surface area (Å²) in [6, 6.07) is 7.69. The number of sulfonamides is 1. The zero-order valence-electron chi connectivity index (χ0n) is 16.0. The van der Waals surface area contributed by atoms with E-state index < -0.39 is 27.6 Å². The highest BCUT2D eigenvalue weighted by molar-refractivity contribution is 7.92. The van der Waals surface area contributed by atoms with Gasteiger partial charge in [0.25, 0.3) is 5.91 Å². The number of anilines is 2. The van der Waals surface area contributed by atoms with Crippen LogP contribution < -0.4 is 9.62 Å². The SMILES string of the molecule is C[C@@H]1Cc2cc(C(=O)Nc3nc(-c4cc(F)ccc4F)cs3)ccc2N1S(C)(=O)=O. The van der Waals surface area contributed by atoms with Crippen molar-refractivity contribution in [1.82, 2.24) is 4.98 Å². The summed E-state index contributed by atoms with van der Waals surface area (Å²) in [5.41, 5.74) is 1.92. The normalized spacial score (nSPS) is 15.9. The molecular weight excluding hydrogens is 432 g/mol. The second-order valence-electron chi connectivity index (χ2n) is 7.07. The van der Waals surface area contributed by atoms with E-state index in [4.69, 9.17) is 0 Å². The van der Waals surface area contributed by atoms with Crippen LogP contribution in [0.1, 0.15) is 22.8 Å². The number of rotatable bonds is 4. The molecule has 0 unspecified atom stereocenters. The lowest BCUT2D eigenvalue weighted by atomic mass is 10.1. The van der Waals surface area contributed by atoms with Crippen molar-refractivity contribution in [3.8, 4) is 11.3 Å². The van der Waals surface area contributed by atoms with Crippen molar-refractivity contribution in [2.75, 3.05) is 15.9 Å². The Morgan fingerprint density at radius 1 is 1.23 bits per heavy atom. The molecule has 1 atom stereocenters. The number of hydrogen-bond acceptors (Lipinski definition) is 5. The van der Waals surface area contributed by atoms with Gasteiger partial charge < -0.3 is 0 Å². The molecule has 2 heterocycles. The van der Waals surface area contributed by atoms with Crippen molar-refractivity contribution in [3.63, 3.8) is 0 Å². The summed E-state index contributed by atoms with van der Waals surface area (Å²) in [6.07, 6.45) is 1.66. The standard InChI is InChI=1S/C20H17F2N3O3S2/c1-11-7-13-8-12(3-6-18(13)25(11)30(2,27)28)19(26)24-20-23-17(10-29-20)15-9-14(21)4-5-16(15)22/h3-6,8-11H,7H2,1-2H3,(H,23,24,26)/t11-/m1/s1. The molecule has 6 nitrogen and oxygen atoms in total. The average molecular weight is 450 g/mol. The Morgan fingerprint density at radius 3 is 2.73 bits per heavy atom. The summed E-state index contributed by atoms with van der Waals surface area (Å²) >= 11 is 1.09. The lowest BCUT2D eigenvalue weighted by molar-refractivity contribution is 0.102. The molecule has 0 saturated heterocycles. The Bertz CT molecular complexity index is 1260. The number of aromatic nitrogens is 1. The van der Waals surface area contributed by atoms with Gasteiger partial charge in [-0.05, 0) is 55.3 Å². The first-order valence-electron chi connectivity index (χ1n) is 8.98. The van der Waals surface area contributed by atoms with Crippen molar-refractivity contribution >= 4 is 38.1 Å². The molecule has 0 radical (unpaired) electrons. The Hall–Kier alpha value is -2.85. The van der Waals surface area contributed by atoms with Crippen molar-refractivity contribution in [2.24, 2.45) is 0 Å². The van der Waals surface area contributed by atoms with Gasteiger partial charge in [-0.2, -0.15) is 0 Å². The lowest BCUT2D eigenvalue weighted by Crippen LogP contribution is -2.34. The maximum absolute atomic E-state index is 13.9. The molecule has 156 valence electrons. The van der Waals surface area contributed by atoms with Gasteiger partial charge in [0.1, 0.15) is 11.6 Å². The molecule has 0 fully saturated rings. The molecule has 1 amide bonds. The molecule has 1 aliphatic heterocycles. The van der Waals surface area contributed by atoms with E-state index in [9.17, 15) is 22.0 Å². The van der Waals surface area contributed by atoms with E-state index in [-0.39, 0.29) is 22.4 Å². The molecule has 1 N–H and O–H groups in total. The number of thiazole rings is 1. The second kappa shape index (κ2) is 7.44. The minimum absolute atomic E-state index is 0.0131. The van der Waals surface area contributed by atoms with Crippen molar-refractivity contribution in [2.45, 2.75) is 19.4 Å². The minimum atomic E-state index is -3.41. The largest absolute Gasteiger partial charge is 0.298 e. The zero-order valence-corrected chi connectivity index (χ0v) is 17.7. The minimum Gasteiger partial charge on any atom is -0.298 e. The van der Waals surface area contributed by atoms with Gasteiger partial charge in [-0.25, -0.2) is 22.2 Å². The van der Waals surface area contributed by atoms with Crippen molar-refractivity contribution in [3.05, 3.63) is 64.5 Å². The third kappa shape index (κ3) is 3.80. The molecule has 3 aromatic rings. The number of hydrogen-bond donors (Lipinski definition) is 1. The summed E-state index contributed by atoms with van der Waals surface area (Å²) in [5.74, 6) is -1.62. The maximum Gasteiger partial charge on any atom is 0.257 e. The van der Waals surface area contributed by atoms with Crippen LogP contribution in [0.15, 0.2) is 41.8 Å². The summed E-state index contributed by atoms with van der Waals surface area (Å²) in [7, 11) is -3.41. The number of amides is 1. The number of benzene rings is 2. The molecule has 1 aliphatic rings. The first-order valence-corrected chi connectivity index (χ1v) is 11.7. The quantitative estimate of drug-likeness (QED) is 0.652. The smallest absolute Gasteiger partial charge is 0.257 e. The average Bonchev–Trinajstić information content (AvgIpc) is 3.25.